The lowest BCUT2D eigenvalue weighted by Crippen LogP contribution is -2.41. The first-order valence-electron chi connectivity index (χ1n) is 8.43. The summed E-state index contributed by atoms with van der Waals surface area (Å²) in [6, 6.07) is 4.93. The second-order valence-electron chi connectivity index (χ2n) is 6.62. The Morgan fingerprint density at radius 1 is 1.30 bits per heavy atom. The number of nitrogens with zero attached hydrogens (tertiary/aromatic N) is 2. The number of anilines is 2. The first kappa shape index (κ1) is 18.9. The first-order chi connectivity index (χ1) is 12.7. The van der Waals surface area contributed by atoms with Crippen LogP contribution in [0.15, 0.2) is 34.9 Å². The van der Waals surface area contributed by atoms with Gasteiger partial charge in [0.05, 0.1) is 11.3 Å². The molecule has 0 unspecified atom stereocenters. The van der Waals surface area contributed by atoms with Crippen LogP contribution >= 0.6 is 0 Å². The van der Waals surface area contributed by atoms with Crippen molar-refractivity contribution in [1.29, 1.82) is 0 Å². The third kappa shape index (κ3) is 3.96. The second kappa shape index (κ2) is 7.05. The zero-order valence-corrected chi connectivity index (χ0v) is 14.7. The van der Waals surface area contributed by atoms with Crippen LogP contribution in [0.5, 0.6) is 0 Å². The van der Waals surface area contributed by atoms with Gasteiger partial charge in [-0.2, -0.15) is 13.2 Å². The molecular weight excluding hydrogens is 363 g/mol. The van der Waals surface area contributed by atoms with Crippen LogP contribution in [0.1, 0.15) is 43.9 Å². The number of aromatic nitrogens is 1. The number of carbonyl (C=O) groups excluding carboxylic acids is 2. The number of carbonyl (C=O) groups is 2. The van der Waals surface area contributed by atoms with E-state index in [4.69, 9.17) is 4.52 Å². The Kier molecular flexibility index (Phi) is 4.95. The molecule has 1 N–H and O–H groups in total. The summed E-state index contributed by atoms with van der Waals surface area (Å²) in [6.45, 7) is 3.84. The summed E-state index contributed by atoms with van der Waals surface area (Å²) in [7, 11) is 0. The SMILES string of the molecule is CC(C)c1cc(NC(=O)[C@@H]2CCC(=O)N2c2ccc(C(F)(F)F)cc2)on1. The Hall–Kier alpha value is -2.84. The fraction of sp³-hybridized carbons (Fsp3) is 0.389. The van der Waals surface area contributed by atoms with Crippen LogP contribution in [0.2, 0.25) is 0 Å². The molecule has 0 saturated carbocycles. The van der Waals surface area contributed by atoms with E-state index in [1.165, 1.54) is 17.0 Å². The highest BCUT2D eigenvalue weighted by Gasteiger charge is 2.38. The number of halogens is 3. The van der Waals surface area contributed by atoms with Gasteiger partial charge in [-0.05, 0) is 36.6 Å². The molecule has 1 aliphatic heterocycles. The van der Waals surface area contributed by atoms with Crippen molar-refractivity contribution in [3.63, 3.8) is 0 Å². The Balaban J connectivity index is 1.78. The monoisotopic (exact) mass is 381 g/mol. The van der Waals surface area contributed by atoms with Crippen molar-refractivity contribution in [2.45, 2.75) is 44.8 Å². The maximum Gasteiger partial charge on any atom is 0.416 e. The molecule has 1 aromatic heterocycles. The van der Waals surface area contributed by atoms with Crippen molar-refractivity contribution in [2.24, 2.45) is 0 Å². The minimum Gasteiger partial charge on any atom is -0.338 e. The van der Waals surface area contributed by atoms with E-state index >= 15 is 0 Å². The lowest BCUT2D eigenvalue weighted by Gasteiger charge is -2.24. The van der Waals surface area contributed by atoms with Crippen molar-refractivity contribution >= 4 is 23.4 Å². The average molecular weight is 381 g/mol. The molecule has 1 saturated heterocycles. The molecule has 1 aliphatic rings. The highest BCUT2D eigenvalue weighted by atomic mass is 19.4. The molecule has 2 heterocycles. The summed E-state index contributed by atoms with van der Waals surface area (Å²) in [5.74, 6) is -0.519. The summed E-state index contributed by atoms with van der Waals surface area (Å²) < 4.78 is 43.2. The topological polar surface area (TPSA) is 75.4 Å². The van der Waals surface area contributed by atoms with E-state index in [0.29, 0.717) is 5.69 Å². The van der Waals surface area contributed by atoms with Crippen molar-refractivity contribution < 1.29 is 27.3 Å². The number of nitrogens with one attached hydrogen (secondary N) is 1. The average Bonchev–Trinajstić information content (AvgIpc) is 3.21. The summed E-state index contributed by atoms with van der Waals surface area (Å²) in [6.07, 6.45) is -4.08. The Labute approximate surface area is 153 Å². The number of rotatable bonds is 4. The number of hydrogen-bond acceptors (Lipinski definition) is 4. The van der Waals surface area contributed by atoms with Crippen molar-refractivity contribution in [1.82, 2.24) is 5.16 Å². The van der Waals surface area contributed by atoms with Gasteiger partial charge in [-0.3, -0.25) is 19.8 Å². The van der Waals surface area contributed by atoms with Crippen LogP contribution in [0.4, 0.5) is 24.7 Å². The van der Waals surface area contributed by atoms with E-state index in [2.05, 4.69) is 10.5 Å². The van der Waals surface area contributed by atoms with E-state index in [0.717, 1.165) is 12.1 Å². The van der Waals surface area contributed by atoms with Gasteiger partial charge in [0.25, 0.3) is 0 Å². The Morgan fingerprint density at radius 3 is 2.52 bits per heavy atom. The van der Waals surface area contributed by atoms with E-state index in [1.54, 1.807) is 6.07 Å². The molecule has 2 amide bonds. The van der Waals surface area contributed by atoms with Gasteiger partial charge in [-0.25, -0.2) is 0 Å². The predicted molar refractivity (Wildman–Crippen MR) is 91.2 cm³/mol. The summed E-state index contributed by atoms with van der Waals surface area (Å²) in [5, 5.41) is 6.42. The van der Waals surface area contributed by atoms with Crippen LogP contribution in [0.3, 0.4) is 0 Å². The second-order valence-corrected chi connectivity index (χ2v) is 6.62. The number of hydrogen-bond donors (Lipinski definition) is 1. The summed E-state index contributed by atoms with van der Waals surface area (Å²) >= 11 is 0. The maximum absolute atomic E-state index is 12.7. The molecule has 27 heavy (non-hydrogen) atoms. The van der Waals surface area contributed by atoms with Gasteiger partial charge in [0.15, 0.2) is 0 Å². The molecule has 144 valence electrons. The largest absolute Gasteiger partial charge is 0.416 e. The van der Waals surface area contributed by atoms with Crippen LogP contribution in [-0.4, -0.2) is 23.0 Å². The minimum atomic E-state index is -4.47. The van der Waals surface area contributed by atoms with Gasteiger partial charge in [0.2, 0.25) is 17.7 Å². The highest BCUT2D eigenvalue weighted by Crippen LogP contribution is 2.33. The third-order valence-electron chi connectivity index (χ3n) is 4.35. The van der Waals surface area contributed by atoms with Gasteiger partial charge >= 0.3 is 6.18 Å². The van der Waals surface area contributed by atoms with Crippen molar-refractivity contribution in [3.8, 4) is 0 Å². The van der Waals surface area contributed by atoms with Gasteiger partial charge in [-0.1, -0.05) is 19.0 Å². The van der Waals surface area contributed by atoms with Crippen LogP contribution in [-0.2, 0) is 15.8 Å². The van der Waals surface area contributed by atoms with Crippen molar-refractivity contribution in [2.75, 3.05) is 10.2 Å². The van der Waals surface area contributed by atoms with E-state index < -0.39 is 23.7 Å². The van der Waals surface area contributed by atoms with Gasteiger partial charge in [0.1, 0.15) is 6.04 Å². The van der Waals surface area contributed by atoms with Crippen molar-refractivity contribution in [3.05, 3.63) is 41.6 Å². The molecule has 0 bridgehead atoms. The maximum atomic E-state index is 12.7. The van der Waals surface area contributed by atoms with Gasteiger partial charge in [-0.15, -0.1) is 0 Å². The van der Waals surface area contributed by atoms with E-state index in [1.807, 2.05) is 13.8 Å². The van der Waals surface area contributed by atoms with Crippen LogP contribution in [0.25, 0.3) is 0 Å². The quantitative estimate of drug-likeness (QED) is 0.870. The lowest BCUT2D eigenvalue weighted by molar-refractivity contribution is -0.137. The smallest absolute Gasteiger partial charge is 0.338 e. The zero-order chi connectivity index (χ0) is 19.8. The molecular formula is C18H18F3N3O3. The number of amides is 2. The van der Waals surface area contributed by atoms with Crippen LogP contribution in [0, 0.1) is 0 Å². The number of alkyl halides is 3. The number of benzene rings is 1. The molecule has 1 atom stereocenters. The molecule has 0 aliphatic carbocycles. The standard InChI is InChI=1S/C18H18F3N3O3/c1-10(2)13-9-15(27-23-13)22-17(26)14-7-8-16(25)24(14)12-5-3-11(4-6-12)18(19,20)21/h3-6,9-10,14H,7-8H2,1-2H3,(H,22,26)/t14-/m0/s1. The fourth-order valence-electron chi connectivity index (χ4n) is 2.89. The molecule has 6 nitrogen and oxygen atoms in total. The van der Waals surface area contributed by atoms with E-state index in [-0.39, 0.29) is 36.2 Å². The predicted octanol–water partition coefficient (Wildman–Crippen LogP) is 3.95. The molecule has 3 rings (SSSR count). The Morgan fingerprint density at radius 2 is 1.96 bits per heavy atom. The highest BCUT2D eigenvalue weighted by molar-refractivity contribution is 6.07. The third-order valence-corrected chi connectivity index (χ3v) is 4.35. The minimum absolute atomic E-state index is 0.121. The van der Waals surface area contributed by atoms with Gasteiger partial charge in [0, 0.05) is 18.2 Å². The summed E-state index contributed by atoms with van der Waals surface area (Å²) in [5.41, 5.74) is 0.0975. The van der Waals surface area contributed by atoms with E-state index in [9.17, 15) is 22.8 Å². The normalized spacial score (nSPS) is 17.6. The first-order valence-corrected chi connectivity index (χ1v) is 8.43. The molecule has 9 heteroatoms. The fourth-order valence-corrected chi connectivity index (χ4v) is 2.89. The van der Waals surface area contributed by atoms with Gasteiger partial charge < -0.3 is 4.52 Å². The molecule has 0 radical (unpaired) electrons. The molecule has 2 aromatic rings. The Bertz CT molecular complexity index is 844. The zero-order valence-electron chi connectivity index (χ0n) is 14.7. The van der Waals surface area contributed by atoms with Crippen LogP contribution < -0.4 is 10.2 Å². The summed E-state index contributed by atoms with van der Waals surface area (Å²) in [4.78, 5) is 26.0. The molecule has 1 fully saturated rings. The molecule has 1 aromatic carbocycles. The molecule has 0 spiro atoms. The lowest BCUT2D eigenvalue weighted by atomic mass is 10.1.